The lowest BCUT2D eigenvalue weighted by molar-refractivity contribution is 0.483. The number of hydrogen-bond donors (Lipinski definition) is 0. The van der Waals surface area contributed by atoms with Gasteiger partial charge in [0.25, 0.3) is 0 Å². The third-order valence-electron chi connectivity index (χ3n) is 6.59. The molecule has 38 heavy (non-hydrogen) atoms. The van der Waals surface area contributed by atoms with Crippen molar-refractivity contribution in [3.63, 3.8) is 0 Å². The summed E-state index contributed by atoms with van der Waals surface area (Å²) in [5.74, 6) is 2.34. The Balaban J connectivity index is 1.34. The Bertz CT molecular complexity index is 1860. The molecule has 0 saturated carbocycles. The van der Waals surface area contributed by atoms with Crippen molar-refractivity contribution in [1.82, 2.24) is 19.6 Å². The third-order valence-corrected chi connectivity index (χ3v) is 6.59. The van der Waals surface area contributed by atoms with Crippen LogP contribution in [-0.4, -0.2) is 19.6 Å². The summed E-state index contributed by atoms with van der Waals surface area (Å²) in [6.45, 7) is 0. The van der Waals surface area contributed by atoms with E-state index in [1.54, 1.807) is 0 Å². The van der Waals surface area contributed by atoms with Crippen molar-refractivity contribution in [2.24, 2.45) is 0 Å². The molecule has 0 fully saturated rings. The smallest absolute Gasteiger partial charge is 0.170 e. The summed E-state index contributed by atoms with van der Waals surface area (Å²) in [6.07, 6.45) is 1.99. The van der Waals surface area contributed by atoms with Crippen LogP contribution >= 0.6 is 0 Å². The fourth-order valence-electron chi connectivity index (χ4n) is 4.74. The van der Waals surface area contributed by atoms with Gasteiger partial charge in [0.1, 0.15) is 11.5 Å². The van der Waals surface area contributed by atoms with E-state index in [9.17, 15) is 0 Å². The van der Waals surface area contributed by atoms with Gasteiger partial charge in [-0.1, -0.05) is 78.9 Å². The minimum Gasteiger partial charge on any atom is -0.457 e. The SMILES string of the molecule is c1ccc(Oc2ccc(-c3nnc4c5cc(-c6ccccc6)c(-c6ccccc6)nc5ccn34)cc2)cc1. The van der Waals surface area contributed by atoms with E-state index in [1.165, 1.54) is 0 Å². The molecule has 0 bridgehead atoms. The van der Waals surface area contributed by atoms with Crippen LogP contribution in [0.3, 0.4) is 0 Å². The molecule has 5 nitrogen and oxygen atoms in total. The van der Waals surface area contributed by atoms with Crippen LogP contribution in [0.25, 0.3) is 50.3 Å². The van der Waals surface area contributed by atoms with E-state index in [-0.39, 0.29) is 0 Å². The molecule has 0 aliphatic carbocycles. The summed E-state index contributed by atoms with van der Waals surface area (Å²) in [7, 11) is 0. The second-order valence-corrected chi connectivity index (χ2v) is 9.02. The van der Waals surface area contributed by atoms with Crippen molar-refractivity contribution < 1.29 is 4.74 Å². The van der Waals surface area contributed by atoms with Crippen molar-refractivity contribution >= 4 is 16.6 Å². The summed E-state index contributed by atoms with van der Waals surface area (Å²) in [6, 6.07) is 42.5. The van der Waals surface area contributed by atoms with Gasteiger partial charge in [-0.15, -0.1) is 10.2 Å². The highest BCUT2D eigenvalue weighted by Crippen LogP contribution is 2.35. The lowest BCUT2D eigenvalue weighted by Gasteiger charge is -2.12. The normalized spacial score (nSPS) is 11.2. The van der Waals surface area contributed by atoms with Crippen molar-refractivity contribution in [2.45, 2.75) is 0 Å². The average Bonchev–Trinajstić information content (AvgIpc) is 3.43. The van der Waals surface area contributed by atoms with Gasteiger partial charge in [-0.3, -0.25) is 4.40 Å². The van der Waals surface area contributed by atoms with Crippen LogP contribution in [0.4, 0.5) is 0 Å². The van der Waals surface area contributed by atoms with Gasteiger partial charge in [0.2, 0.25) is 0 Å². The number of hydrogen-bond acceptors (Lipinski definition) is 4. The van der Waals surface area contributed by atoms with Crippen LogP contribution < -0.4 is 4.74 Å². The summed E-state index contributed by atoms with van der Waals surface area (Å²) >= 11 is 0. The molecule has 7 aromatic rings. The first-order valence-electron chi connectivity index (χ1n) is 12.5. The van der Waals surface area contributed by atoms with Gasteiger partial charge in [0, 0.05) is 28.3 Å². The van der Waals surface area contributed by atoms with Crippen LogP contribution in [0, 0.1) is 0 Å². The van der Waals surface area contributed by atoms with E-state index in [0.29, 0.717) is 0 Å². The summed E-state index contributed by atoms with van der Waals surface area (Å²) < 4.78 is 7.97. The zero-order valence-electron chi connectivity index (χ0n) is 20.4. The zero-order chi connectivity index (χ0) is 25.3. The fourth-order valence-corrected chi connectivity index (χ4v) is 4.74. The van der Waals surface area contributed by atoms with Crippen LogP contribution in [0.2, 0.25) is 0 Å². The van der Waals surface area contributed by atoms with Gasteiger partial charge in [0.15, 0.2) is 11.5 Å². The number of nitrogens with zero attached hydrogens (tertiary/aromatic N) is 4. The van der Waals surface area contributed by atoms with E-state index in [2.05, 4.69) is 52.7 Å². The number of pyridine rings is 2. The van der Waals surface area contributed by atoms with Crippen molar-refractivity contribution in [3.05, 3.63) is 134 Å². The number of rotatable bonds is 5. The standard InChI is InChI=1S/C33H22N4O/c1-4-10-23(11-5-1)28-22-29-30(34-31(28)24-12-6-2-7-13-24)20-21-37-32(35-36-33(29)37)25-16-18-27(19-17-25)38-26-14-8-3-9-15-26/h1-22H. The number of para-hydroxylation sites is 1. The highest BCUT2D eigenvalue weighted by atomic mass is 16.5. The van der Waals surface area contributed by atoms with Crippen LogP contribution in [0.15, 0.2) is 134 Å². The number of benzene rings is 4. The fraction of sp³-hybridized carbons (Fsp3) is 0. The summed E-state index contributed by atoms with van der Waals surface area (Å²) in [4.78, 5) is 5.11. The average molecular weight is 491 g/mol. The number of ether oxygens (including phenoxy) is 1. The van der Waals surface area contributed by atoms with Crippen LogP contribution in [0.5, 0.6) is 11.5 Å². The van der Waals surface area contributed by atoms with E-state index in [0.717, 1.165) is 61.8 Å². The molecule has 5 heteroatoms. The Hall–Kier alpha value is -5.29. The van der Waals surface area contributed by atoms with Gasteiger partial charge in [-0.25, -0.2) is 4.98 Å². The van der Waals surface area contributed by atoms with Crippen molar-refractivity contribution in [2.75, 3.05) is 0 Å². The Morgan fingerprint density at radius 3 is 1.89 bits per heavy atom. The first-order valence-corrected chi connectivity index (χ1v) is 12.5. The highest BCUT2D eigenvalue weighted by molar-refractivity contribution is 5.98. The summed E-state index contributed by atoms with van der Waals surface area (Å²) in [5.41, 5.74) is 6.79. The molecule has 0 aliphatic rings. The van der Waals surface area contributed by atoms with E-state index in [4.69, 9.17) is 9.72 Å². The molecule has 180 valence electrons. The van der Waals surface area contributed by atoms with Crippen LogP contribution in [-0.2, 0) is 0 Å². The van der Waals surface area contributed by atoms with Crippen molar-refractivity contribution in [1.29, 1.82) is 0 Å². The molecule has 7 rings (SSSR count). The van der Waals surface area contributed by atoms with E-state index in [1.807, 2.05) is 95.5 Å². The Morgan fingerprint density at radius 1 is 0.553 bits per heavy atom. The molecule has 0 radical (unpaired) electrons. The van der Waals surface area contributed by atoms with Gasteiger partial charge in [-0.05, 0) is 54.1 Å². The van der Waals surface area contributed by atoms with Crippen LogP contribution in [0.1, 0.15) is 0 Å². The predicted octanol–water partition coefficient (Wildman–Crippen LogP) is 8.07. The molecule has 0 amide bonds. The molecular formula is C33H22N4O. The zero-order valence-corrected chi connectivity index (χ0v) is 20.4. The predicted molar refractivity (Wildman–Crippen MR) is 151 cm³/mol. The highest BCUT2D eigenvalue weighted by Gasteiger charge is 2.16. The second-order valence-electron chi connectivity index (χ2n) is 9.02. The van der Waals surface area contributed by atoms with E-state index < -0.39 is 0 Å². The first kappa shape index (κ1) is 21.9. The lowest BCUT2D eigenvalue weighted by atomic mass is 9.98. The lowest BCUT2D eigenvalue weighted by Crippen LogP contribution is -1.95. The van der Waals surface area contributed by atoms with E-state index >= 15 is 0 Å². The molecule has 0 saturated heterocycles. The van der Waals surface area contributed by atoms with Gasteiger partial charge >= 0.3 is 0 Å². The molecule has 0 aliphatic heterocycles. The summed E-state index contributed by atoms with van der Waals surface area (Å²) in [5, 5.41) is 10.1. The monoisotopic (exact) mass is 490 g/mol. The second kappa shape index (κ2) is 9.30. The van der Waals surface area contributed by atoms with Gasteiger partial charge in [0.05, 0.1) is 11.2 Å². The Morgan fingerprint density at radius 2 is 1.18 bits per heavy atom. The molecule has 0 atom stereocenters. The largest absolute Gasteiger partial charge is 0.457 e. The first-order chi connectivity index (χ1) is 18.8. The quantitative estimate of drug-likeness (QED) is 0.245. The maximum absolute atomic E-state index is 5.95. The Kier molecular flexibility index (Phi) is 5.37. The third kappa shape index (κ3) is 3.96. The Labute approximate surface area is 219 Å². The minimum atomic E-state index is 0.765. The van der Waals surface area contributed by atoms with Gasteiger partial charge in [-0.2, -0.15) is 0 Å². The van der Waals surface area contributed by atoms with Gasteiger partial charge < -0.3 is 4.74 Å². The number of fused-ring (bicyclic) bond motifs is 3. The molecule has 0 N–H and O–H groups in total. The maximum Gasteiger partial charge on any atom is 0.170 e. The number of aromatic nitrogens is 4. The molecule has 3 heterocycles. The minimum absolute atomic E-state index is 0.765. The molecular weight excluding hydrogens is 468 g/mol. The topological polar surface area (TPSA) is 52.3 Å². The molecule has 0 spiro atoms. The molecule has 3 aromatic heterocycles. The van der Waals surface area contributed by atoms with Crippen molar-refractivity contribution in [3.8, 4) is 45.3 Å². The maximum atomic E-state index is 5.95. The molecule has 0 unspecified atom stereocenters. The molecule has 4 aromatic carbocycles.